The van der Waals surface area contributed by atoms with Crippen molar-refractivity contribution in [3.05, 3.63) is 0 Å². The highest BCUT2D eigenvalue weighted by Gasteiger charge is 2.27. The van der Waals surface area contributed by atoms with Crippen LogP contribution in [0.2, 0.25) is 0 Å². The molecule has 17 heavy (non-hydrogen) atoms. The van der Waals surface area contributed by atoms with Gasteiger partial charge in [-0.3, -0.25) is 0 Å². The first-order chi connectivity index (χ1) is 8.13. The lowest BCUT2D eigenvalue weighted by Crippen LogP contribution is -2.40. The Morgan fingerprint density at radius 3 is 2.41 bits per heavy atom. The highest BCUT2D eigenvalue weighted by molar-refractivity contribution is 4.85. The molecule has 0 amide bonds. The number of rotatable bonds is 4. The second kappa shape index (κ2) is 6.22. The molecular weight excluding hydrogens is 206 g/mol. The summed E-state index contributed by atoms with van der Waals surface area (Å²) in [4.78, 5) is 0. The molecule has 1 heteroatoms. The van der Waals surface area contributed by atoms with E-state index in [9.17, 15) is 0 Å². The van der Waals surface area contributed by atoms with Crippen molar-refractivity contribution in [2.24, 2.45) is 17.8 Å². The van der Waals surface area contributed by atoms with E-state index >= 15 is 0 Å². The summed E-state index contributed by atoms with van der Waals surface area (Å²) in [5, 5.41) is 3.95. The summed E-state index contributed by atoms with van der Waals surface area (Å²) in [7, 11) is 0. The van der Waals surface area contributed by atoms with E-state index in [-0.39, 0.29) is 0 Å². The highest BCUT2D eigenvalue weighted by atomic mass is 15.0. The van der Waals surface area contributed by atoms with Gasteiger partial charge in [-0.1, -0.05) is 33.6 Å². The maximum Gasteiger partial charge on any atom is 0.00722 e. The smallest absolute Gasteiger partial charge is 0.00722 e. The van der Waals surface area contributed by atoms with Gasteiger partial charge in [-0.05, 0) is 56.3 Å². The predicted molar refractivity (Wildman–Crippen MR) is 75.1 cm³/mol. The van der Waals surface area contributed by atoms with Crippen LogP contribution >= 0.6 is 0 Å². The van der Waals surface area contributed by atoms with E-state index in [1.54, 1.807) is 0 Å². The summed E-state index contributed by atoms with van der Waals surface area (Å²) in [5.74, 6) is 2.84. The first-order valence-electron chi connectivity index (χ1n) is 7.89. The Balaban J connectivity index is 1.73. The molecule has 4 atom stereocenters. The van der Waals surface area contributed by atoms with E-state index in [1.807, 2.05) is 0 Å². The number of nitrogens with one attached hydrogen (secondary N) is 1. The zero-order valence-electron chi connectivity index (χ0n) is 12.0. The van der Waals surface area contributed by atoms with Gasteiger partial charge >= 0.3 is 0 Å². The third kappa shape index (κ3) is 4.28. The molecule has 0 radical (unpaired) electrons. The fourth-order valence-corrected chi connectivity index (χ4v) is 4.01. The lowest BCUT2D eigenvalue weighted by atomic mass is 9.81. The molecule has 1 N–H and O–H groups in total. The maximum atomic E-state index is 3.95. The summed E-state index contributed by atoms with van der Waals surface area (Å²) >= 11 is 0. The summed E-state index contributed by atoms with van der Waals surface area (Å²) in [6.07, 6.45) is 11.5. The quantitative estimate of drug-likeness (QED) is 0.765. The van der Waals surface area contributed by atoms with Crippen LogP contribution in [0.1, 0.15) is 72.1 Å². The molecule has 2 rings (SSSR count). The van der Waals surface area contributed by atoms with Gasteiger partial charge in [0.2, 0.25) is 0 Å². The van der Waals surface area contributed by atoms with Gasteiger partial charge in [0, 0.05) is 12.1 Å². The van der Waals surface area contributed by atoms with E-state index < -0.39 is 0 Å². The first kappa shape index (κ1) is 13.4. The molecule has 2 saturated carbocycles. The second-order valence-electron chi connectivity index (χ2n) is 7.14. The fraction of sp³-hybridized carbons (Fsp3) is 1.00. The normalized spacial score (nSPS) is 38.8. The van der Waals surface area contributed by atoms with Gasteiger partial charge in [-0.2, -0.15) is 0 Å². The van der Waals surface area contributed by atoms with Crippen LogP contribution in [0.25, 0.3) is 0 Å². The van der Waals surface area contributed by atoms with Crippen molar-refractivity contribution in [3.8, 4) is 0 Å². The molecule has 1 nitrogen and oxygen atoms in total. The highest BCUT2D eigenvalue weighted by Crippen LogP contribution is 2.31. The van der Waals surface area contributed by atoms with Crippen molar-refractivity contribution < 1.29 is 0 Å². The molecule has 0 bridgehead atoms. The van der Waals surface area contributed by atoms with Crippen LogP contribution < -0.4 is 5.32 Å². The average Bonchev–Trinajstić information content (AvgIpc) is 2.63. The average molecular weight is 237 g/mol. The van der Waals surface area contributed by atoms with Crippen LogP contribution in [0, 0.1) is 17.8 Å². The monoisotopic (exact) mass is 237 g/mol. The van der Waals surface area contributed by atoms with E-state index in [0.717, 1.165) is 29.8 Å². The molecule has 0 aromatic carbocycles. The van der Waals surface area contributed by atoms with Crippen molar-refractivity contribution in [1.29, 1.82) is 0 Å². The number of hydrogen-bond acceptors (Lipinski definition) is 1. The van der Waals surface area contributed by atoms with Crippen molar-refractivity contribution in [3.63, 3.8) is 0 Å². The van der Waals surface area contributed by atoms with Crippen LogP contribution in [0.4, 0.5) is 0 Å². The summed E-state index contributed by atoms with van der Waals surface area (Å²) in [6, 6.07) is 1.68. The summed E-state index contributed by atoms with van der Waals surface area (Å²) < 4.78 is 0. The summed E-state index contributed by atoms with van der Waals surface area (Å²) in [6.45, 7) is 7.15. The molecule has 0 heterocycles. The second-order valence-corrected chi connectivity index (χ2v) is 7.14. The van der Waals surface area contributed by atoms with Crippen LogP contribution in [0.5, 0.6) is 0 Å². The van der Waals surface area contributed by atoms with Gasteiger partial charge in [-0.25, -0.2) is 0 Å². The Morgan fingerprint density at radius 1 is 1.00 bits per heavy atom. The minimum atomic E-state index is 0.836. The minimum absolute atomic E-state index is 0.836. The Morgan fingerprint density at radius 2 is 1.76 bits per heavy atom. The third-order valence-electron chi connectivity index (χ3n) is 4.75. The Labute approximate surface area is 108 Å². The Bertz CT molecular complexity index is 224. The van der Waals surface area contributed by atoms with E-state index in [1.165, 1.54) is 51.4 Å². The zero-order valence-corrected chi connectivity index (χ0v) is 12.0. The summed E-state index contributed by atoms with van der Waals surface area (Å²) in [5.41, 5.74) is 0. The molecule has 0 aromatic rings. The first-order valence-corrected chi connectivity index (χ1v) is 7.89. The molecule has 0 spiro atoms. The van der Waals surface area contributed by atoms with Crippen LogP contribution in [0.3, 0.4) is 0 Å². The van der Waals surface area contributed by atoms with Crippen molar-refractivity contribution in [2.45, 2.75) is 84.2 Å². The van der Waals surface area contributed by atoms with Crippen LogP contribution in [-0.2, 0) is 0 Å². The van der Waals surface area contributed by atoms with Gasteiger partial charge < -0.3 is 5.32 Å². The third-order valence-corrected chi connectivity index (χ3v) is 4.75. The van der Waals surface area contributed by atoms with Crippen molar-refractivity contribution >= 4 is 0 Å². The molecule has 2 fully saturated rings. The SMILES string of the molecule is CC(C)CC1CCCC(NC2CCC(C)C2)C1. The molecule has 4 unspecified atom stereocenters. The minimum Gasteiger partial charge on any atom is -0.311 e. The molecule has 0 saturated heterocycles. The van der Waals surface area contributed by atoms with Crippen molar-refractivity contribution in [1.82, 2.24) is 5.32 Å². The Kier molecular flexibility index (Phi) is 4.90. The molecule has 0 aromatic heterocycles. The van der Waals surface area contributed by atoms with E-state index in [0.29, 0.717) is 0 Å². The standard InChI is InChI=1S/C16H31N/c1-12(2)9-14-5-4-6-15(11-14)17-16-8-7-13(3)10-16/h12-17H,4-11H2,1-3H3. The fourth-order valence-electron chi connectivity index (χ4n) is 4.01. The Hall–Kier alpha value is -0.0400. The van der Waals surface area contributed by atoms with Crippen LogP contribution in [0.15, 0.2) is 0 Å². The largest absolute Gasteiger partial charge is 0.311 e. The zero-order chi connectivity index (χ0) is 12.3. The lowest BCUT2D eigenvalue weighted by molar-refractivity contribution is 0.239. The van der Waals surface area contributed by atoms with Crippen LogP contribution in [-0.4, -0.2) is 12.1 Å². The van der Waals surface area contributed by atoms with E-state index in [4.69, 9.17) is 0 Å². The lowest BCUT2D eigenvalue weighted by Gasteiger charge is -2.32. The topological polar surface area (TPSA) is 12.0 Å². The molecule has 100 valence electrons. The van der Waals surface area contributed by atoms with Gasteiger partial charge in [0.05, 0.1) is 0 Å². The van der Waals surface area contributed by atoms with Gasteiger partial charge in [0.15, 0.2) is 0 Å². The molecule has 2 aliphatic rings. The maximum absolute atomic E-state index is 3.95. The molecule has 2 aliphatic carbocycles. The van der Waals surface area contributed by atoms with Crippen molar-refractivity contribution in [2.75, 3.05) is 0 Å². The predicted octanol–water partition coefficient (Wildman–Crippen LogP) is 4.37. The van der Waals surface area contributed by atoms with Gasteiger partial charge in [0.1, 0.15) is 0 Å². The number of hydrogen-bond donors (Lipinski definition) is 1. The van der Waals surface area contributed by atoms with Gasteiger partial charge in [0.25, 0.3) is 0 Å². The molecular formula is C16H31N. The van der Waals surface area contributed by atoms with E-state index in [2.05, 4.69) is 26.1 Å². The van der Waals surface area contributed by atoms with Gasteiger partial charge in [-0.15, -0.1) is 0 Å². The molecule has 0 aliphatic heterocycles.